The number of halogens is 4. The van der Waals surface area contributed by atoms with Crippen molar-refractivity contribution in [3.63, 3.8) is 0 Å². The van der Waals surface area contributed by atoms with E-state index in [4.69, 9.17) is 11.6 Å². The van der Waals surface area contributed by atoms with Crippen molar-refractivity contribution in [2.75, 3.05) is 13.1 Å². The van der Waals surface area contributed by atoms with Crippen molar-refractivity contribution in [3.8, 4) is 0 Å². The van der Waals surface area contributed by atoms with Gasteiger partial charge in [0.05, 0.1) is 5.56 Å². The van der Waals surface area contributed by atoms with Gasteiger partial charge < -0.3 is 5.32 Å². The predicted molar refractivity (Wildman–Crippen MR) is 49.9 cm³/mol. The van der Waals surface area contributed by atoms with E-state index < -0.39 is 11.7 Å². The minimum Gasteiger partial charge on any atom is -0.315 e. The zero-order valence-electron chi connectivity index (χ0n) is 7.61. The van der Waals surface area contributed by atoms with Gasteiger partial charge in [0.25, 0.3) is 0 Å². The molecule has 1 fully saturated rings. The molecule has 0 atom stereocenters. The van der Waals surface area contributed by atoms with E-state index in [1.165, 1.54) is 0 Å². The molecule has 1 aliphatic rings. The maximum atomic E-state index is 12.4. The molecule has 0 saturated carbocycles. The van der Waals surface area contributed by atoms with Crippen molar-refractivity contribution in [2.45, 2.75) is 12.1 Å². The molecule has 0 unspecified atom stereocenters. The number of hydrogen-bond donors (Lipinski definition) is 1. The van der Waals surface area contributed by atoms with E-state index in [9.17, 15) is 13.2 Å². The average molecular weight is 237 g/mol. The Bertz CT molecular complexity index is 374. The van der Waals surface area contributed by atoms with Gasteiger partial charge in [-0.1, -0.05) is 11.6 Å². The fourth-order valence-electron chi connectivity index (χ4n) is 1.42. The number of nitrogens with one attached hydrogen (secondary N) is 1. The molecule has 1 aromatic heterocycles. The van der Waals surface area contributed by atoms with Gasteiger partial charge >= 0.3 is 6.18 Å². The monoisotopic (exact) mass is 236 g/mol. The molecule has 1 N–H and O–H groups in total. The van der Waals surface area contributed by atoms with Gasteiger partial charge in [-0.3, -0.25) is 0 Å². The minimum atomic E-state index is -4.36. The van der Waals surface area contributed by atoms with Gasteiger partial charge in [-0.25, -0.2) is 4.98 Å². The minimum absolute atomic E-state index is 0.0484. The van der Waals surface area contributed by atoms with E-state index in [0.717, 1.165) is 12.3 Å². The van der Waals surface area contributed by atoms with Crippen LogP contribution >= 0.6 is 11.6 Å². The third-order valence-electron chi connectivity index (χ3n) is 2.41. The lowest BCUT2D eigenvalue weighted by Crippen LogP contribution is -2.40. The van der Waals surface area contributed by atoms with Crippen molar-refractivity contribution in [1.29, 1.82) is 0 Å². The van der Waals surface area contributed by atoms with Crippen LogP contribution in [0.4, 0.5) is 13.2 Å². The molecule has 2 rings (SSSR count). The first-order valence-corrected chi connectivity index (χ1v) is 4.79. The Hall–Kier alpha value is -0.810. The third-order valence-corrected chi connectivity index (χ3v) is 2.73. The Morgan fingerprint density at radius 3 is 2.53 bits per heavy atom. The standard InChI is InChI=1S/C9H8ClF3N2/c10-8-7(5-2-14-3-5)1-6(4-15-8)9(11,12)13/h1,4-5,14H,2-3H2. The molecule has 0 bridgehead atoms. The Morgan fingerprint density at radius 2 is 2.07 bits per heavy atom. The van der Waals surface area contributed by atoms with Crippen LogP contribution in [0.1, 0.15) is 17.0 Å². The van der Waals surface area contributed by atoms with Crippen molar-refractivity contribution in [3.05, 3.63) is 28.5 Å². The van der Waals surface area contributed by atoms with Crippen LogP contribution in [0, 0.1) is 0 Å². The first kappa shape index (κ1) is 10.7. The van der Waals surface area contributed by atoms with Crippen molar-refractivity contribution >= 4 is 11.6 Å². The van der Waals surface area contributed by atoms with Crippen molar-refractivity contribution < 1.29 is 13.2 Å². The van der Waals surface area contributed by atoms with Crippen LogP contribution in [-0.2, 0) is 6.18 Å². The number of hydrogen-bond acceptors (Lipinski definition) is 2. The molecule has 15 heavy (non-hydrogen) atoms. The van der Waals surface area contributed by atoms with E-state index in [0.29, 0.717) is 18.7 Å². The number of nitrogens with zero attached hydrogens (tertiary/aromatic N) is 1. The molecule has 0 aliphatic carbocycles. The molecule has 2 nitrogen and oxygen atoms in total. The highest BCUT2D eigenvalue weighted by Crippen LogP contribution is 2.33. The largest absolute Gasteiger partial charge is 0.417 e. The molecule has 1 aromatic rings. The van der Waals surface area contributed by atoms with Crippen molar-refractivity contribution in [2.24, 2.45) is 0 Å². The zero-order valence-corrected chi connectivity index (χ0v) is 8.36. The number of rotatable bonds is 1. The average Bonchev–Trinajstić information content (AvgIpc) is 2.03. The second-order valence-corrected chi connectivity index (χ2v) is 3.81. The lowest BCUT2D eigenvalue weighted by atomic mass is 9.94. The van der Waals surface area contributed by atoms with Gasteiger partial charge in [-0.15, -0.1) is 0 Å². The molecule has 0 radical (unpaired) electrons. The molecule has 1 saturated heterocycles. The maximum Gasteiger partial charge on any atom is 0.417 e. The van der Waals surface area contributed by atoms with Gasteiger partial charge in [-0.2, -0.15) is 13.2 Å². The fraction of sp³-hybridized carbons (Fsp3) is 0.444. The third kappa shape index (κ3) is 2.08. The van der Waals surface area contributed by atoms with Crippen molar-refractivity contribution in [1.82, 2.24) is 10.3 Å². The summed E-state index contributed by atoms with van der Waals surface area (Å²) in [5.74, 6) is 0.0484. The van der Waals surface area contributed by atoms with Crippen LogP contribution in [0.15, 0.2) is 12.3 Å². The topological polar surface area (TPSA) is 24.9 Å². The van der Waals surface area contributed by atoms with Gasteiger partial charge in [0, 0.05) is 25.2 Å². The lowest BCUT2D eigenvalue weighted by molar-refractivity contribution is -0.137. The van der Waals surface area contributed by atoms with Gasteiger partial charge in [0.1, 0.15) is 5.15 Å². The second kappa shape index (κ2) is 3.64. The lowest BCUT2D eigenvalue weighted by Gasteiger charge is -2.28. The van der Waals surface area contributed by atoms with E-state index in [1.54, 1.807) is 0 Å². The second-order valence-electron chi connectivity index (χ2n) is 3.46. The summed E-state index contributed by atoms with van der Waals surface area (Å²) < 4.78 is 37.2. The summed E-state index contributed by atoms with van der Waals surface area (Å²) in [6.07, 6.45) is -3.60. The van der Waals surface area contributed by atoms with E-state index >= 15 is 0 Å². The Morgan fingerprint density at radius 1 is 1.40 bits per heavy atom. The summed E-state index contributed by atoms with van der Waals surface area (Å²) in [5.41, 5.74) is -0.265. The summed E-state index contributed by atoms with van der Waals surface area (Å²) in [7, 11) is 0. The molecular weight excluding hydrogens is 229 g/mol. The highest BCUT2D eigenvalue weighted by atomic mass is 35.5. The van der Waals surface area contributed by atoms with Crippen LogP contribution < -0.4 is 5.32 Å². The highest BCUT2D eigenvalue weighted by molar-refractivity contribution is 6.30. The van der Waals surface area contributed by atoms with Crippen LogP contribution in [-0.4, -0.2) is 18.1 Å². The number of pyridine rings is 1. The first-order valence-electron chi connectivity index (χ1n) is 4.42. The predicted octanol–water partition coefficient (Wildman–Crippen LogP) is 2.44. The van der Waals surface area contributed by atoms with Crippen LogP contribution in [0.2, 0.25) is 5.15 Å². The fourth-order valence-corrected chi connectivity index (χ4v) is 1.67. The summed E-state index contributed by atoms with van der Waals surface area (Å²) in [6, 6.07) is 1.08. The Labute approximate surface area is 89.5 Å². The van der Waals surface area contributed by atoms with Crippen LogP contribution in [0.3, 0.4) is 0 Å². The molecule has 6 heteroatoms. The van der Waals surface area contributed by atoms with E-state index in [1.807, 2.05) is 0 Å². The smallest absolute Gasteiger partial charge is 0.315 e. The Kier molecular flexibility index (Phi) is 2.60. The summed E-state index contributed by atoms with van der Waals surface area (Å²) in [5, 5.41) is 3.14. The van der Waals surface area contributed by atoms with E-state index in [-0.39, 0.29) is 11.1 Å². The normalized spacial score (nSPS) is 17.6. The SMILES string of the molecule is FC(F)(F)c1cnc(Cl)c(C2CNC2)c1. The van der Waals surface area contributed by atoms with Gasteiger partial charge in [0.15, 0.2) is 0 Å². The maximum absolute atomic E-state index is 12.4. The molecule has 2 heterocycles. The quantitative estimate of drug-likeness (QED) is 0.758. The molecular formula is C9H8ClF3N2. The summed E-state index contributed by atoms with van der Waals surface area (Å²) in [4.78, 5) is 3.57. The number of alkyl halides is 3. The molecule has 82 valence electrons. The molecule has 0 spiro atoms. The molecule has 0 aromatic carbocycles. The summed E-state index contributed by atoms with van der Waals surface area (Å²) in [6.45, 7) is 1.31. The zero-order chi connectivity index (χ0) is 11.1. The number of aromatic nitrogens is 1. The molecule has 1 aliphatic heterocycles. The van der Waals surface area contributed by atoms with E-state index in [2.05, 4.69) is 10.3 Å². The van der Waals surface area contributed by atoms with Gasteiger partial charge in [-0.05, 0) is 11.6 Å². The van der Waals surface area contributed by atoms with Crippen LogP contribution in [0.25, 0.3) is 0 Å². The Balaban J connectivity index is 2.36. The highest BCUT2D eigenvalue weighted by Gasteiger charge is 2.33. The van der Waals surface area contributed by atoms with Crippen LogP contribution in [0.5, 0.6) is 0 Å². The first-order chi connectivity index (χ1) is 6.98. The van der Waals surface area contributed by atoms with Gasteiger partial charge in [0.2, 0.25) is 0 Å². The summed E-state index contributed by atoms with van der Waals surface area (Å²) >= 11 is 5.75. The molecule has 0 amide bonds.